The Morgan fingerprint density at radius 2 is 2.08 bits per heavy atom. The minimum absolute atomic E-state index is 0.177. The fraction of sp³-hybridized carbons (Fsp3) is 0.143. The first kappa shape index (κ1) is 10.3. The number of hydrazine groups is 1. The van der Waals surface area contributed by atoms with Gasteiger partial charge in [0.2, 0.25) is 0 Å². The number of halogens is 1. The molecule has 0 saturated carbocycles. The number of anilines is 1. The van der Waals surface area contributed by atoms with Crippen molar-refractivity contribution in [2.75, 3.05) is 11.7 Å². The lowest BCUT2D eigenvalue weighted by molar-refractivity contribution is 0.602. The van der Waals surface area contributed by atoms with E-state index >= 15 is 0 Å². The van der Waals surface area contributed by atoms with Gasteiger partial charge in [-0.3, -0.25) is 5.84 Å². The molecule has 13 heavy (non-hydrogen) atoms. The summed E-state index contributed by atoms with van der Waals surface area (Å²) in [6.07, 6.45) is 1.12. The molecular formula is C7H9ClN2O2S. The van der Waals surface area contributed by atoms with E-state index in [4.69, 9.17) is 17.4 Å². The zero-order chi connectivity index (χ0) is 10.1. The molecule has 0 aliphatic rings. The van der Waals surface area contributed by atoms with E-state index in [1.807, 2.05) is 0 Å². The summed E-state index contributed by atoms with van der Waals surface area (Å²) in [4.78, 5) is 0.177. The molecule has 1 aromatic carbocycles. The fourth-order valence-electron chi connectivity index (χ4n) is 0.844. The average Bonchev–Trinajstić information content (AvgIpc) is 2.02. The number of rotatable bonds is 2. The number of nitrogens with one attached hydrogen (secondary N) is 1. The van der Waals surface area contributed by atoms with Crippen LogP contribution in [0, 0.1) is 0 Å². The summed E-state index contributed by atoms with van der Waals surface area (Å²) in [5.41, 5.74) is 2.84. The van der Waals surface area contributed by atoms with Gasteiger partial charge in [-0.15, -0.1) is 0 Å². The van der Waals surface area contributed by atoms with Crippen LogP contribution in [0.4, 0.5) is 5.69 Å². The number of nitrogens with two attached hydrogens (primary N) is 1. The molecule has 0 atom stereocenters. The van der Waals surface area contributed by atoms with E-state index in [0.29, 0.717) is 5.69 Å². The third kappa shape index (κ3) is 2.33. The summed E-state index contributed by atoms with van der Waals surface area (Å²) >= 11 is 5.73. The second-order valence-corrected chi connectivity index (χ2v) is 4.98. The third-order valence-electron chi connectivity index (χ3n) is 1.52. The van der Waals surface area contributed by atoms with Gasteiger partial charge in [0.05, 0.1) is 15.6 Å². The van der Waals surface area contributed by atoms with Crippen molar-refractivity contribution in [3.8, 4) is 0 Å². The Hall–Kier alpha value is -0.780. The molecule has 72 valence electrons. The Morgan fingerprint density at radius 3 is 2.46 bits per heavy atom. The van der Waals surface area contributed by atoms with Gasteiger partial charge in [0.1, 0.15) is 0 Å². The van der Waals surface area contributed by atoms with Crippen LogP contribution in [0.1, 0.15) is 0 Å². The maximum Gasteiger partial charge on any atom is 0.175 e. The van der Waals surface area contributed by atoms with Gasteiger partial charge in [0.25, 0.3) is 0 Å². The first-order valence-electron chi connectivity index (χ1n) is 3.41. The lowest BCUT2D eigenvalue weighted by Gasteiger charge is -2.04. The van der Waals surface area contributed by atoms with Crippen LogP contribution in [0.5, 0.6) is 0 Å². The van der Waals surface area contributed by atoms with Crippen molar-refractivity contribution >= 4 is 27.1 Å². The molecule has 0 aromatic heterocycles. The molecule has 0 unspecified atom stereocenters. The van der Waals surface area contributed by atoms with Crippen molar-refractivity contribution in [2.24, 2.45) is 5.84 Å². The van der Waals surface area contributed by atoms with Crippen LogP contribution in [-0.4, -0.2) is 14.7 Å². The smallest absolute Gasteiger partial charge is 0.175 e. The molecule has 0 heterocycles. The highest BCUT2D eigenvalue weighted by atomic mass is 35.5. The van der Waals surface area contributed by atoms with E-state index in [0.717, 1.165) is 6.26 Å². The Labute approximate surface area is 81.6 Å². The Kier molecular flexibility index (Phi) is 2.80. The highest BCUT2D eigenvalue weighted by molar-refractivity contribution is 7.90. The molecule has 0 bridgehead atoms. The molecule has 1 aromatic rings. The van der Waals surface area contributed by atoms with E-state index < -0.39 is 9.84 Å². The maximum absolute atomic E-state index is 11.1. The lowest BCUT2D eigenvalue weighted by Crippen LogP contribution is -2.07. The monoisotopic (exact) mass is 220 g/mol. The first-order valence-corrected chi connectivity index (χ1v) is 5.68. The predicted molar refractivity (Wildman–Crippen MR) is 52.4 cm³/mol. The van der Waals surface area contributed by atoms with Crippen LogP contribution < -0.4 is 11.3 Å². The number of hydrogen-bond acceptors (Lipinski definition) is 4. The molecule has 0 aliphatic heterocycles. The molecule has 4 nitrogen and oxygen atoms in total. The van der Waals surface area contributed by atoms with E-state index in [2.05, 4.69) is 5.43 Å². The minimum Gasteiger partial charge on any atom is -0.323 e. The molecule has 1 rings (SSSR count). The van der Waals surface area contributed by atoms with Gasteiger partial charge in [-0.05, 0) is 18.2 Å². The van der Waals surface area contributed by atoms with Crippen LogP contribution in [0.25, 0.3) is 0 Å². The van der Waals surface area contributed by atoms with Crippen LogP contribution in [-0.2, 0) is 9.84 Å². The first-order chi connectivity index (χ1) is 5.95. The normalized spacial score (nSPS) is 11.3. The summed E-state index contributed by atoms with van der Waals surface area (Å²) < 4.78 is 22.1. The Balaban J connectivity index is 3.26. The van der Waals surface area contributed by atoms with Gasteiger partial charge in [0, 0.05) is 6.26 Å². The van der Waals surface area contributed by atoms with Crippen molar-refractivity contribution in [3.05, 3.63) is 23.2 Å². The number of benzene rings is 1. The van der Waals surface area contributed by atoms with E-state index in [1.165, 1.54) is 18.2 Å². The highest BCUT2D eigenvalue weighted by Crippen LogP contribution is 2.23. The quantitative estimate of drug-likeness (QED) is 0.577. The number of hydrogen-bond donors (Lipinski definition) is 2. The standard InChI is InChI=1S/C7H9ClN2O2S/c1-13(11,12)5-2-3-7(10-9)6(8)4-5/h2-4,10H,9H2,1H3. The summed E-state index contributed by atoms with van der Waals surface area (Å²) in [6, 6.07) is 4.31. The largest absolute Gasteiger partial charge is 0.323 e. The van der Waals surface area contributed by atoms with Crippen molar-refractivity contribution in [2.45, 2.75) is 4.90 Å². The van der Waals surface area contributed by atoms with Crippen molar-refractivity contribution in [1.82, 2.24) is 0 Å². The fourth-order valence-corrected chi connectivity index (χ4v) is 1.79. The van der Waals surface area contributed by atoms with Crippen LogP contribution in [0.2, 0.25) is 5.02 Å². The number of sulfone groups is 1. The van der Waals surface area contributed by atoms with E-state index in [1.54, 1.807) is 0 Å². The molecule has 0 fully saturated rings. The summed E-state index contributed by atoms with van der Waals surface area (Å²) in [5.74, 6) is 5.13. The maximum atomic E-state index is 11.1. The van der Waals surface area contributed by atoms with Gasteiger partial charge in [0.15, 0.2) is 9.84 Å². The molecular weight excluding hydrogens is 212 g/mol. The van der Waals surface area contributed by atoms with Gasteiger partial charge >= 0.3 is 0 Å². The zero-order valence-corrected chi connectivity index (χ0v) is 8.48. The molecule has 6 heteroatoms. The molecule has 0 radical (unpaired) electrons. The SMILES string of the molecule is CS(=O)(=O)c1ccc(NN)c(Cl)c1. The van der Waals surface area contributed by atoms with Crippen molar-refractivity contribution < 1.29 is 8.42 Å². The average molecular weight is 221 g/mol. The van der Waals surface area contributed by atoms with Crippen LogP contribution >= 0.6 is 11.6 Å². The highest BCUT2D eigenvalue weighted by Gasteiger charge is 2.08. The molecule has 0 amide bonds. The molecule has 0 aliphatic carbocycles. The molecule has 0 spiro atoms. The third-order valence-corrected chi connectivity index (χ3v) is 2.95. The van der Waals surface area contributed by atoms with Gasteiger partial charge in [-0.1, -0.05) is 11.6 Å². The minimum atomic E-state index is -3.20. The topological polar surface area (TPSA) is 72.2 Å². The predicted octanol–water partition coefficient (Wildman–Crippen LogP) is 1.03. The Bertz CT molecular complexity index is 417. The molecule has 3 N–H and O–H groups in total. The number of nitrogen functional groups attached to an aromatic ring is 1. The zero-order valence-electron chi connectivity index (χ0n) is 6.91. The van der Waals surface area contributed by atoms with Gasteiger partial charge in [-0.25, -0.2) is 8.42 Å². The van der Waals surface area contributed by atoms with Crippen molar-refractivity contribution in [1.29, 1.82) is 0 Å². The van der Waals surface area contributed by atoms with Crippen LogP contribution in [0.15, 0.2) is 23.1 Å². The summed E-state index contributed by atoms with van der Waals surface area (Å²) in [5, 5.41) is 0.283. The Morgan fingerprint density at radius 1 is 1.46 bits per heavy atom. The second kappa shape index (κ2) is 3.53. The van der Waals surface area contributed by atoms with E-state index in [9.17, 15) is 8.42 Å². The lowest BCUT2D eigenvalue weighted by atomic mass is 10.3. The van der Waals surface area contributed by atoms with Crippen molar-refractivity contribution in [3.63, 3.8) is 0 Å². The van der Waals surface area contributed by atoms with Gasteiger partial charge in [-0.2, -0.15) is 0 Å². The summed E-state index contributed by atoms with van der Waals surface area (Å²) in [6.45, 7) is 0. The van der Waals surface area contributed by atoms with E-state index in [-0.39, 0.29) is 9.92 Å². The second-order valence-electron chi connectivity index (χ2n) is 2.56. The van der Waals surface area contributed by atoms with Crippen LogP contribution in [0.3, 0.4) is 0 Å². The van der Waals surface area contributed by atoms with Gasteiger partial charge < -0.3 is 5.43 Å². The summed E-state index contributed by atoms with van der Waals surface area (Å²) in [7, 11) is -3.20. The molecule has 0 saturated heterocycles.